The van der Waals surface area contributed by atoms with Gasteiger partial charge in [-0.25, -0.2) is 8.42 Å². The second-order valence-electron chi connectivity index (χ2n) is 8.24. The third-order valence-electron chi connectivity index (χ3n) is 5.93. The normalized spacial score (nSPS) is 17.8. The van der Waals surface area contributed by atoms with E-state index in [2.05, 4.69) is 22.3 Å². The first-order valence-electron chi connectivity index (χ1n) is 10.8. The summed E-state index contributed by atoms with van der Waals surface area (Å²) in [6.07, 6.45) is 4.22. The van der Waals surface area contributed by atoms with Crippen LogP contribution in [0.2, 0.25) is 5.02 Å². The zero-order chi connectivity index (χ0) is 21.8. The first-order valence-corrected chi connectivity index (χ1v) is 12.6. The van der Waals surface area contributed by atoms with Crippen LogP contribution in [-0.4, -0.2) is 49.7 Å². The van der Waals surface area contributed by atoms with Gasteiger partial charge in [-0.1, -0.05) is 35.9 Å². The molecule has 0 aromatic heterocycles. The van der Waals surface area contributed by atoms with Crippen molar-refractivity contribution in [1.82, 2.24) is 14.5 Å². The molecule has 2 aromatic rings. The highest BCUT2D eigenvalue weighted by Crippen LogP contribution is 2.25. The number of halogens is 1. The molecule has 1 amide bonds. The minimum Gasteiger partial charge on any atom is -0.348 e. The zero-order valence-corrected chi connectivity index (χ0v) is 19.1. The average Bonchev–Trinajstić information content (AvgIpc) is 3.47. The maximum atomic E-state index is 12.8. The van der Waals surface area contributed by atoms with Crippen molar-refractivity contribution in [3.63, 3.8) is 0 Å². The minimum absolute atomic E-state index is 0.108. The fourth-order valence-corrected chi connectivity index (χ4v) is 5.98. The van der Waals surface area contributed by atoms with Gasteiger partial charge in [0.15, 0.2) is 0 Å². The van der Waals surface area contributed by atoms with E-state index in [0.29, 0.717) is 19.6 Å². The van der Waals surface area contributed by atoms with Gasteiger partial charge in [0.1, 0.15) is 0 Å². The summed E-state index contributed by atoms with van der Waals surface area (Å²) >= 11 is 6.23. The van der Waals surface area contributed by atoms with Crippen LogP contribution in [0.3, 0.4) is 0 Å². The van der Waals surface area contributed by atoms with Crippen LogP contribution >= 0.6 is 11.6 Å². The lowest BCUT2D eigenvalue weighted by molar-refractivity contribution is 0.0951. The molecule has 0 spiro atoms. The number of likely N-dealkylation sites (tertiary alicyclic amines) is 1. The fourth-order valence-electron chi connectivity index (χ4n) is 4.23. The van der Waals surface area contributed by atoms with Gasteiger partial charge < -0.3 is 5.32 Å². The standard InChI is InChI=1S/C23H28ClN3O3S/c24-22-9-8-20(31(29,30)27-12-3-4-13-27)15-21(22)23(28)25-16-18-6-5-7-19(14-18)17-26-10-1-2-11-26/h5-9,14-15H,1-4,10-13,16-17H2,(H,25,28). The number of carbonyl (C=O) groups is 1. The van der Waals surface area contributed by atoms with Gasteiger partial charge in [0.2, 0.25) is 10.0 Å². The second kappa shape index (κ2) is 9.69. The third kappa shape index (κ3) is 5.29. The predicted octanol–water partition coefficient (Wildman–Crippen LogP) is 3.65. The lowest BCUT2D eigenvalue weighted by atomic mass is 10.1. The first-order chi connectivity index (χ1) is 14.9. The number of hydrogen-bond acceptors (Lipinski definition) is 4. The number of nitrogens with zero attached hydrogens (tertiary/aromatic N) is 2. The second-order valence-corrected chi connectivity index (χ2v) is 10.6. The molecule has 2 fully saturated rings. The molecule has 2 aliphatic heterocycles. The van der Waals surface area contributed by atoms with Crippen molar-refractivity contribution in [2.45, 2.75) is 43.7 Å². The molecule has 2 heterocycles. The van der Waals surface area contributed by atoms with Gasteiger partial charge >= 0.3 is 0 Å². The van der Waals surface area contributed by atoms with E-state index in [1.165, 1.54) is 40.9 Å². The predicted molar refractivity (Wildman–Crippen MR) is 122 cm³/mol. The zero-order valence-electron chi connectivity index (χ0n) is 17.5. The Morgan fingerprint density at radius 2 is 1.61 bits per heavy atom. The molecular formula is C23H28ClN3O3S. The van der Waals surface area contributed by atoms with Gasteiger partial charge in [0.05, 0.1) is 15.5 Å². The van der Waals surface area contributed by atoms with Gasteiger partial charge in [-0.2, -0.15) is 4.31 Å². The topological polar surface area (TPSA) is 69.7 Å². The monoisotopic (exact) mass is 461 g/mol. The summed E-state index contributed by atoms with van der Waals surface area (Å²) in [6.45, 7) is 4.57. The molecular weight excluding hydrogens is 434 g/mol. The summed E-state index contributed by atoms with van der Waals surface area (Å²) in [5.41, 5.74) is 2.41. The van der Waals surface area contributed by atoms with Crippen LogP contribution in [-0.2, 0) is 23.1 Å². The summed E-state index contributed by atoms with van der Waals surface area (Å²) < 4.78 is 27.1. The van der Waals surface area contributed by atoms with E-state index in [4.69, 9.17) is 11.6 Å². The summed E-state index contributed by atoms with van der Waals surface area (Å²) in [5, 5.41) is 3.12. The smallest absolute Gasteiger partial charge is 0.253 e. The molecule has 0 aliphatic carbocycles. The highest BCUT2D eigenvalue weighted by atomic mass is 35.5. The lowest BCUT2D eigenvalue weighted by Gasteiger charge is -2.17. The summed E-state index contributed by atoms with van der Waals surface area (Å²) in [6, 6.07) is 12.5. The number of sulfonamides is 1. The van der Waals surface area contributed by atoms with Crippen molar-refractivity contribution in [3.05, 3.63) is 64.2 Å². The molecule has 0 saturated carbocycles. The number of benzene rings is 2. The largest absolute Gasteiger partial charge is 0.348 e. The van der Waals surface area contributed by atoms with Crippen LogP contribution in [0.4, 0.5) is 0 Å². The molecule has 2 aromatic carbocycles. The molecule has 8 heteroatoms. The van der Waals surface area contributed by atoms with E-state index >= 15 is 0 Å². The van der Waals surface area contributed by atoms with Crippen molar-refractivity contribution < 1.29 is 13.2 Å². The molecule has 0 bridgehead atoms. The number of rotatable bonds is 7. The fraction of sp³-hybridized carbons (Fsp3) is 0.435. The Kier molecular flexibility index (Phi) is 6.96. The van der Waals surface area contributed by atoms with Gasteiger partial charge in [0.25, 0.3) is 5.91 Å². The van der Waals surface area contributed by atoms with Crippen molar-refractivity contribution in [3.8, 4) is 0 Å². The lowest BCUT2D eigenvalue weighted by Crippen LogP contribution is -2.28. The number of carbonyl (C=O) groups excluding carboxylic acids is 1. The molecule has 0 unspecified atom stereocenters. The SMILES string of the molecule is O=C(NCc1cccc(CN2CCCC2)c1)c1cc(S(=O)(=O)N2CCCC2)ccc1Cl. The van der Waals surface area contributed by atoms with Gasteiger partial charge in [-0.3, -0.25) is 9.69 Å². The Hall–Kier alpha value is -1.93. The summed E-state index contributed by atoms with van der Waals surface area (Å²) in [7, 11) is -3.61. The Morgan fingerprint density at radius 1 is 0.935 bits per heavy atom. The highest BCUT2D eigenvalue weighted by molar-refractivity contribution is 7.89. The molecule has 2 saturated heterocycles. The van der Waals surface area contributed by atoms with E-state index in [9.17, 15) is 13.2 Å². The van der Waals surface area contributed by atoms with Crippen LogP contribution in [0, 0.1) is 0 Å². The molecule has 2 aliphatic rings. The van der Waals surface area contributed by atoms with Crippen LogP contribution in [0.15, 0.2) is 47.4 Å². The maximum absolute atomic E-state index is 12.8. The Balaban J connectivity index is 1.44. The molecule has 6 nitrogen and oxygen atoms in total. The Bertz CT molecular complexity index is 1050. The van der Waals surface area contributed by atoms with Crippen molar-refractivity contribution in [1.29, 1.82) is 0 Å². The highest BCUT2D eigenvalue weighted by Gasteiger charge is 2.28. The number of nitrogens with one attached hydrogen (secondary N) is 1. The minimum atomic E-state index is -3.61. The first kappa shape index (κ1) is 22.3. The van der Waals surface area contributed by atoms with Gasteiger partial charge in [-0.15, -0.1) is 0 Å². The van der Waals surface area contributed by atoms with Crippen LogP contribution in [0.1, 0.15) is 47.2 Å². The summed E-state index contributed by atoms with van der Waals surface area (Å²) in [5.74, 6) is -0.381. The molecule has 0 radical (unpaired) electrons. The maximum Gasteiger partial charge on any atom is 0.253 e. The molecule has 31 heavy (non-hydrogen) atoms. The van der Waals surface area contributed by atoms with E-state index in [0.717, 1.165) is 38.0 Å². The van der Waals surface area contributed by atoms with Crippen LogP contribution in [0.25, 0.3) is 0 Å². The molecule has 0 atom stereocenters. The van der Waals surface area contributed by atoms with Crippen molar-refractivity contribution >= 4 is 27.5 Å². The van der Waals surface area contributed by atoms with Crippen LogP contribution < -0.4 is 5.32 Å². The van der Waals surface area contributed by atoms with E-state index < -0.39 is 10.0 Å². The van der Waals surface area contributed by atoms with E-state index in [1.54, 1.807) is 0 Å². The average molecular weight is 462 g/mol. The number of amides is 1. The van der Waals surface area contributed by atoms with Gasteiger partial charge in [0, 0.05) is 26.2 Å². The van der Waals surface area contributed by atoms with E-state index in [1.807, 2.05) is 12.1 Å². The van der Waals surface area contributed by atoms with Crippen LogP contribution in [0.5, 0.6) is 0 Å². The Morgan fingerprint density at radius 3 is 2.35 bits per heavy atom. The van der Waals surface area contributed by atoms with Gasteiger partial charge in [-0.05, 0) is 68.1 Å². The summed E-state index contributed by atoms with van der Waals surface area (Å²) in [4.78, 5) is 15.3. The molecule has 1 N–H and O–H groups in total. The van der Waals surface area contributed by atoms with Crippen molar-refractivity contribution in [2.75, 3.05) is 26.2 Å². The van der Waals surface area contributed by atoms with Crippen molar-refractivity contribution in [2.24, 2.45) is 0 Å². The molecule has 4 rings (SSSR count). The molecule has 166 valence electrons. The third-order valence-corrected chi connectivity index (χ3v) is 8.16. The van der Waals surface area contributed by atoms with E-state index in [-0.39, 0.29) is 21.4 Å². The quantitative estimate of drug-likeness (QED) is 0.683. The number of hydrogen-bond donors (Lipinski definition) is 1. The Labute approximate surface area is 189 Å².